The topological polar surface area (TPSA) is 66.5 Å². The van der Waals surface area contributed by atoms with Gasteiger partial charge in [0.15, 0.2) is 5.78 Å². The van der Waals surface area contributed by atoms with Crippen molar-refractivity contribution < 1.29 is 14.4 Å². The van der Waals surface area contributed by atoms with E-state index in [9.17, 15) is 14.4 Å². The summed E-state index contributed by atoms with van der Waals surface area (Å²) in [4.78, 5) is 37.9. The van der Waals surface area contributed by atoms with E-state index in [2.05, 4.69) is 5.32 Å². The van der Waals surface area contributed by atoms with E-state index >= 15 is 0 Å². The summed E-state index contributed by atoms with van der Waals surface area (Å²) in [6.45, 7) is 3.82. The molecule has 0 fully saturated rings. The van der Waals surface area contributed by atoms with Crippen LogP contribution in [0.1, 0.15) is 34.3 Å². The van der Waals surface area contributed by atoms with Gasteiger partial charge in [-0.1, -0.05) is 35.9 Å². The van der Waals surface area contributed by atoms with E-state index in [0.29, 0.717) is 16.3 Å². The Morgan fingerprint density at radius 1 is 1.00 bits per heavy atom. The lowest BCUT2D eigenvalue weighted by atomic mass is 10.0. The third-order valence-electron chi connectivity index (χ3n) is 4.35. The standard InChI is InChI=1S/C21H23ClN2O3/c1-14-8-9-16(12-15(14)2)19(25)10-11-21(27)24(3)13-20(26)23-18-7-5-4-6-17(18)22/h4-9,12H,10-11,13H2,1-3H3,(H,23,26). The first kappa shape index (κ1) is 20.6. The van der Waals surface area contributed by atoms with Crippen molar-refractivity contribution in [3.63, 3.8) is 0 Å². The Balaban J connectivity index is 1.84. The Hall–Kier alpha value is -2.66. The zero-order valence-electron chi connectivity index (χ0n) is 15.7. The molecule has 0 saturated heterocycles. The largest absolute Gasteiger partial charge is 0.336 e. The second-order valence-electron chi connectivity index (χ2n) is 6.50. The molecule has 2 rings (SSSR count). The molecule has 0 unspecified atom stereocenters. The maximum atomic E-state index is 12.3. The van der Waals surface area contributed by atoms with Crippen molar-refractivity contribution in [3.05, 3.63) is 64.2 Å². The average Bonchev–Trinajstić information content (AvgIpc) is 2.63. The number of hydrogen-bond donors (Lipinski definition) is 1. The number of Topliss-reactive ketones (excluding diaryl/α,β-unsaturated/α-hetero) is 1. The summed E-state index contributed by atoms with van der Waals surface area (Å²) in [6.07, 6.45) is 0.166. The third kappa shape index (κ3) is 5.93. The molecule has 2 amide bonds. The molecule has 0 bridgehead atoms. The number of anilines is 1. The zero-order valence-corrected chi connectivity index (χ0v) is 16.5. The minimum Gasteiger partial charge on any atom is -0.336 e. The molecule has 0 aliphatic carbocycles. The number of aryl methyl sites for hydroxylation is 2. The fourth-order valence-corrected chi connectivity index (χ4v) is 2.71. The van der Waals surface area contributed by atoms with Crippen molar-refractivity contribution in [2.24, 2.45) is 0 Å². The third-order valence-corrected chi connectivity index (χ3v) is 4.68. The fourth-order valence-electron chi connectivity index (χ4n) is 2.53. The first-order chi connectivity index (χ1) is 12.8. The Bertz CT molecular complexity index is 864. The highest BCUT2D eigenvalue weighted by atomic mass is 35.5. The van der Waals surface area contributed by atoms with Crippen LogP contribution in [0, 0.1) is 13.8 Å². The van der Waals surface area contributed by atoms with Gasteiger partial charge in [-0.15, -0.1) is 0 Å². The minimum atomic E-state index is -0.348. The number of hydrogen-bond acceptors (Lipinski definition) is 3. The fraction of sp³-hybridized carbons (Fsp3) is 0.286. The quantitative estimate of drug-likeness (QED) is 0.731. The van der Waals surface area contributed by atoms with Gasteiger partial charge in [-0.3, -0.25) is 14.4 Å². The molecular formula is C21H23ClN2O3. The van der Waals surface area contributed by atoms with Crippen LogP contribution < -0.4 is 5.32 Å². The lowest BCUT2D eigenvalue weighted by Gasteiger charge is -2.17. The van der Waals surface area contributed by atoms with Gasteiger partial charge in [0.05, 0.1) is 17.3 Å². The highest BCUT2D eigenvalue weighted by molar-refractivity contribution is 6.33. The maximum absolute atomic E-state index is 12.3. The lowest BCUT2D eigenvalue weighted by Crippen LogP contribution is -2.35. The Kier molecular flexibility index (Phi) is 7.13. The molecule has 0 heterocycles. The summed E-state index contributed by atoms with van der Waals surface area (Å²) >= 11 is 6.00. The number of para-hydroxylation sites is 1. The molecule has 0 radical (unpaired) electrons. The SMILES string of the molecule is Cc1ccc(C(=O)CCC(=O)N(C)CC(=O)Nc2ccccc2Cl)cc1C. The highest BCUT2D eigenvalue weighted by Crippen LogP contribution is 2.20. The van der Waals surface area contributed by atoms with Gasteiger partial charge in [-0.25, -0.2) is 0 Å². The van der Waals surface area contributed by atoms with Crippen LogP contribution in [-0.4, -0.2) is 36.1 Å². The lowest BCUT2D eigenvalue weighted by molar-refractivity contribution is -0.133. The summed E-state index contributed by atoms with van der Waals surface area (Å²) < 4.78 is 0. The number of nitrogens with one attached hydrogen (secondary N) is 1. The monoisotopic (exact) mass is 386 g/mol. The molecule has 1 N–H and O–H groups in total. The molecule has 0 aliphatic heterocycles. The van der Waals surface area contributed by atoms with Gasteiger partial charge in [0.2, 0.25) is 11.8 Å². The number of carbonyl (C=O) groups excluding carboxylic acids is 3. The molecule has 5 nitrogen and oxygen atoms in total. The minimum absolute atomic E-state index is 0.0572. The molecule has 0 saturated carbocycles. The van der Waals surface area contributed by atoms with Crippen LogP contribution in [-0.2, 0) is 9.59 Å². The first-order valence-corrected chi connectivity index (χ1v) is 9.04. The summed E-state index contributed by atoms with van der Waals surface area (Å²) in [6, 6.07) is 12.4. The molecule has 0 spiro atoms. The summed E-state index contributed by atoms with van der Waals surface area (Å²) in [7, 11) is 1.54. The number of likely N-dealkylation sites (N-methyl/N-ethyl adjacent to an activating group) is 1. The van der Waals surface area contributed by atoms with E-state index < -0.39 is 0 Å². The second-order valence-corrected chi connectivity index (χ2v) is 6.91. The predicted molar refractivity (Wildman–Crippen MR) is 107 cm³/mol. The highest BCUT2D eigenvalue weighted by Gasteiger charge is 2.16. The van der Waals surface area contributed by atoms with Crippen molar-refractivity contribution in [2.75, 3.05) is 18.9 Å². The molecule has 0 aromatic heterocycles. The number of amides is 2. The van der Waals surface area contributed by atoms with Crippen LogP contribution in [0.5, 0.6) is 0 Å². The molecular weight excluding hydrogens is 364 g/mol. The maximum Gasteiger partial charge on any atom is 0.244 e. The van der Waals surface area contributed by atoms with Gasteiger partial charge in [-0.2, -0.15) is 0 Å². The number of carbonyl (C=O) groups is 3. The van der Waals surface area contributed by atoms with Gasteiger partial charge in [0.25, 0.3) is 0 Å². The van der Waals surface area contributed by atoms with Crippen LogP contribution in [0.3, 0.4) is 0 Å². The van der Waals surface area contributed by atoms with Crippen LogP contribution in [0.15, 0.2) is 42.5 Å². The van der Waals surface area contributed by atoms with E-state index in [1.807, 2.05) is 26.0 Å². The van der Waals surface area contributed by atoms with Crippen LogP contribution in [0.2, 0.25) is 5.02 Å². The van der Waals surface area contributed by atoms with Crippen molar-refractivity contribution in [1.29, 1.82) is 0 Å². The van der Waals surface area contributed by atoms with E-state index in [-0.39, 0.29) is 37.0 Å². The molecule has 27 heavy (non-hydrogen) atoms. The smallest absolute Gasteiger partial charge is 0.244 e. The van der Waals surface area contributed by atoms with Crippen molar-refractivity contribution in [2.45, 2.75) is 26.7 Å². The van der Waals surface area contributed by atoms with Gasteiger partial charge < -0.3 is 10.2 Å². The average molecular weight is 387 g/mol. The van der Waals surface area contributed by atoms with Crippen LogP contribution in [0.25, 0.3) is 0 Å². The second kappa shape index (κ2) is 9.33. The first-order valence-electron chi connectivity index (χ1n) is 8.66. The Morgan fingerprint density at radius 3 is 2.37 bits per heavy atom. The molecule has 2 aromatic rings. The van der Waals surface area contributed by atoms with E-state index in [1.165, 1.54) is 11.9 Å². The molecule has 0 atom stereocenters. The van der Waals surface area contributed by atoms with E-state index in [4.69, 9.17) is 11.6 Å². The van der Waals surface area contributed by atoms with Crippen molar-refractivity contribution in [1.82, 2.24) is 4.90 Å². The number of nitrogens with zero attached hydrogens (tertiary/aromatic N) is 1. The molecule has 142 valence electrons. The summed E-state index contributed by atoms with van der Waals surface area (Å²) in [5.74, 6) is -0.693. The number of halogens is 1. The van der Waals surface area contributed by atoms with Crippen LogP contribution in [0.4, 0.5) is 5.69 Å². The summed E-state index contributed by atoms with van der Waals surface area (Å²) in [5, 5.41) is 3.10. The van der Waals surface area contributed by atoms with Crippen LogP contribution >= 0.6 is 11.6 Å². The van der Waals surface area contributed by atoms with Crippen molar-refractivity contribution in [3.8, 4) is 0 Å². The molecule has 6 heteroatoms. The number of rotatable bonds is 7. The Labute approximate surface area is 164 Å². The summed E-state index contributed by atoms with van der Waals surface area (Å²) in [5.41, 5.74) is 3.26. The van der Waals surface area contributed by atoms with Gasteiger partial charge in [-0.05, 0) is 43.2 Å². The van der Waals surface area contributed by atoms with Gasteiger partial charge in [0.1, 0.15) is 0 Å². The number of ketones is 1. The normalized spacial score (nSPS) is 10.4. The van der Waals surface area contributed by atoms with Gasteiger partial charge in [0, 0.05) is 25.5 Å². The zero-order chi connectivity index (χ0) is 20.0. The van der Waals surface area contributed by atoms with Crippen molar-refractivity contribution >= 4 is 34.9 Å². The molecule has 0 aliphatic rings. The molecule has 2 aromatic carbocycles. The van der Waals surface area contributed by atoms with E-state index in [1.54, 1.807) is 30.3 Å². The van der Waals surface area contributed by atoms with Gasteiger partial charge >= 0.3 is 0 Å². The number of benzene rings is 2. The van der Waals surface area contributed by atoms with E-state index in [0.717, 1.165) is 11.1 Å². The Morgan fingerprint density at radius 2 is 1.70 bits per heavy atom. The predicted octanol–water partition coefficient (Wildman–Crippen LogP) is 4.02.